The van der Waals surface area contributed by atoms with Gasteiger partial charge in [-0.2, -0.15) is 5.10 Å². The molecule has 0 aliphatic carbocycles. The first-order valence-electron chi connectivity index (χ1n) is 12.4. The maximum atomic E-state index is 13.3. The van der Waals surface area contributed by atoms with Gasteiger partial charge in [-0.05, 0) is 44.9 Å². The summed E-state index contributed by atoms with van der Waals surface area (Å²) in [5.74, 6) is -0.262. The first-order chi connectivity index (χ1) is 17.5. The average molecular weight is 475 g/mol. The van der Waals surface area contributed by atoms with E-state index in [9.17, 15) is 4.79 Å². The molecule has 0 fully saturated rings. The highest BCUT2D eigenvalue weighted by Gasteiger charge is 2.18. The van der Waals surface area contributed by atoms with Crippen LogP contribution in [-0.4, -0.2) is 21.7 Å². The van der Waals surface area contributed by atoms with E-state index in [0.29, 0.717) is 11.6 Å². The number of para-hydroxylation sites is 2. The number of hydrazone groups is 1. The molecule has 1 N–H and O–H groups in total. The molecular weight excluding hydrogens is 444 g/mol. The number of nitrogens with one attached hydrogen (secondary N) is 1. The summed E-state index contributed by atoms with van der Waals surface area (Å²) in [5.41, 5.74) is 10.4. The van der Waals surface area contributed by atoms with Crippen LogP contribution < -0.4 is 5.43 Å². The van der Waals surface area contributed by atoms with Crippen molar-refractivity contribution >= 4 is 33.9 Å². The summed E-state index contributed by atoms with van der Waals surface area (Å²) >= 11 is 0. The van der Waals surface area contributed by atoms with Gasteiger partial charge in [-0.3, -0.25) is 4.79 Å². The highest BCUT2D eigenvalue weighted by Crippen LogP contribution is 2.31. The fourth-order valence-electron chi connectivity index (χ4n) is 4.92. The van der Waals surface area contributed by atoms with Gasteiger partial charge >= 0.3 is 0 Å². The van der Waals surface area contributed by atoms with E-state index in [1.54, 1.807) is 6.21 Å². The van der Waals surface area contributed by atoms with Crippen LogP contribution >= 0.6 is 0 Å². The molecule has 180 valence electrons. The number of benzene rings is 3. The molecule has 0 spiro atoms. The minimum atomic E-state index is -0.262. The van der Waals surface area contributed by atoms with Crippen LogP contribution in [0.4, 0.5) is 0 Å². The van der Waals surface area contributed by atoms with Gasteiger partial charge in [-0.25, -0.2) is 10.4 Å². The zero-order chi connectivity index (χ0) is 25.2. The molecule has 5 heteroatoms. The molecule has 5 rings (SSSR count). The molecular formula is C31H30N4O. The third kappa shape index (κ3) is 4.17. The number of carbonyl (C=O) groups excluding carboxylic acids is 1. The normalized spacial score (nSPS) is 12.4. The predicted molar refractivity (Wildman–Crippen MR) is 149 cm³/mol. The maximum Gasteiger partial charge on any atom is 0.272 e. The van der Waals surface area contributed by atoms with Crippen molar-refractivity contribution in [1.29, 1.82) is 0 Å². The van der Waals surface area contributed by atoms with Gasteiger partial charge in [-0.1, -0.05) is 73.7 Å². The van der Waals surface area contributed by atoms with E-state index >= 15 is 0 Å². The van der Waals surface area contributed by atoms with Gasteiger partial charge in [0.1, 0.15) is 0 Å². The van der Waals surface area contributed by atoms with Crippen LogP contribution in [0.3, 0.4) is 0 Å². The number of hydrogen-bond donors (Lipinski definition) is 1. The van der Waals surface area contributed by atoms with Crippen molar-refractivity contribution in [2.75, 3.05) is 0 Å². The molecule has 0 aliphatic heterocycles. The highest BCUT2D eigenvalue weighted by atomic mass is 16.2. The first kappa shape index (κ1) is 23.5. The molecule has 3 aromatic carbocycles. The second-order valence-corrected chi connectivity index (χ2v) is 9.23. The van der Waals surface area contributed by atoms with Crippen LogP contribution in [0.25, 0.3) is 33.1 Å². The molecule has 2 aromatic heterocycles. The lowest BCUT2D eigenvalue weighted by Crippen LogP contribution is -2.18. The SMILES string of the molecule is CC[C@H](C)n1c(C)c(/C=N/NC(=O)c2cc(-c3ccccc3)nc3ccccc23)c2cccc(C)c21. The summed E-state index contributed by atoms with van der Waals surface area (Å²) in [6.45, 7) is 8.70. The lowest BCUT2D eigenvalue weighted by atomic mass is 10.0. The average Bonchev–Trinajstić information content (AvgIpc) is 3.20. The summed E-state index contributed by atoms with van der Waals surface area (Å²) in [4.78, 5) is 18.1. The molecule has 1 atom stereocenters. The fraction of sp³-hybridized carbons (Fsp3) is 0.194. The van der Waals surface area contributed by atoms with E-state index in [-0.39, 0.29) is 5.91 Å². The van der Waals surface area contributed by atoms with E-state index in [2.05, 4.69) is 61.0 Å². The van der Waals surface area contributed by atoms with Crippen LogP contribution in [0.2, 0.25) is 0 Å². The van der Waals surface area contributed by atoms with E-state index in [4.69, 9.17) is 4.98 Å². The molecule has 0 unspecified atom stereocenters. The lowest BCUT2D eigenvalue weighted by Gasteiger charge is -2.16. The van der Waals surface area contributed by atoms with E-state index in [1.807, 2.05) is 60.7 Å². The summed E-state index contributed by atoms with van der Waals surface area (Å²) in [5, 5.41) is 6.35. The van der Waals surface area contributed by atoms with Crippen molar-refractivity contribution in [2.45, 2.75) is 40.2 Å². The molecule has 0 aliphatic rings. The van der Waals surface area contributed by atoms with E-state index in [0.717, 1.165) is 45.2 Å². The Morgan fingerprint density at radius 1 is 1.00 bits per heavy atom. The number of aryl methyl sites for hydroxylation is 1. The predicted octanol–water partition coefficient (Wildman–Crippen LogP) is 7.21. The van der Waals surface area contributed by atoms with Gasteiger partial charge in [0.2, 0.25) is 0 Å². The number of carbonyl (C=O) groups is 1. The Labute approximate surface area is 211 Å². The number of pyridine rings is 1. The maximum absolute atomic E-state index is 13.3. The number of nitrogens with zero attached hydrogens (tertiary/aromatic N) is 3. The molecule has 5 aromatic rings. The second kappa shape index (κ2) is 9.78. The minimum absolute atomic E-state index is 0.262. The Kier molecular flexibility index (Phi) is 6.38. The monoisotopic (exact) mass is 474 g/mol. The van der Waals surface area contributed by atoms with Gasteiger partial charge in [0, 0.05) is 33.6 Å². The Balaban J connectivity index is 1.52. The molecule has 0 saturated heterocycles. The number of hydrogen-bond acceptors (Lipinski definition) is 3. The first-order valence-corrected chi connectivity index (χ1v) is 12.4. The number of aromatic nitrogens is 2. The largest absolute Gasteiger partial charge is 0.341 e. The van der Waals surface area contributed by atoms with Crippen LogP contribution in [0.5, 0.6) is 0 Å². The van der Waals surface area contributed by atoms with Crippen molar-refractivity contribution < 1.29 is 4.79 Å². The van der Waals surface area contributed by atoms with Gasteiger partial charge in [0.15, 0.2) is 0 Å². The Bertz CT molecular complexity index is 1600. The van der Waals surface area contributed by atoms with Crippen molar-refractivity contribution in [3.8, 4) is 11.3 Å². The summed E-state index contributed by atoms with van der Waals surface area (Å²) in [6.07, 6.45) is 2.81. The van der Waals surface area contributed by atoms with Crippen LogP contribution in [-0.2, 0) is 0 Å². The molecule has 5 nitrogen and oxygen atoms in total. The van der Waals surface area contributed by atoms with Crippen LogP contribution in [0, 0.1) is 13.8 Å². The van der Waals surface area contributed by atoms with Crippen molar-refractivity contribution in [3.05, 3.63) is 101 Å². The molecule has 0 bridgehead atoms. The topological polar surface area (TPSA) is 59.3 Å². The molecule has 2 heterocycles. The van der Waals surface area contributed by atoms with Gasteiger partial charge in [0.25, 0.3) is 5.91 Å². The minimum Gasteiger partial charge on any atom is -0.341 e. The summed E-state index contributed by atoms with van der Waals surface area (Å²) < 4.78 is 2.39. The zero-order valence-electron chi connectivity index (χ0n) is 21.1. The smallest absolute Gasteiger partial charge is 0.272 e. The second-order valence-electron chi connectivity index (χ2n) is 9.23. The van der Waals surface area contributed by atoms with Crippen molar-refractivity contribution in [2.24, 2.45) is 5.10 Å². The lowest BCUT2D eigenvalue weighted by molar-refractivity contribution is 0.0956. The standard InChI is InChI=1S/C31H30N4O/c1-5-21(3)35-22(4)27(25-16-11-12-20(2)30(25)35)19-32-34-31(36)26-18-29(23-13-7-6-8-14-23)33-28-17-10-9-15-24(26)28/h6-19,21H,5H2,1-4H3,(H,34,36)/b32-19+/t21-/m0/s1. The zero-order valence-corrected chi connectivity index (χ0v) is 21.1. The molecule has 0 radical (unpaired) electrons. The quantitative estimate of drug-likeness (QED) is 0.209. The molecule has 36 heavy (non-hydrogen) atoms. The van der Waals surface area contributed by atoms with Crippen molar-refractivity contribution in [1.82, 2.24) is 15.0 Å². The Morgan fingerprint density at radius 2 is 1.72 bits per heavy atom. The summed E-state index contributed by atoms with van der Waals surface area (Å²) in [6, 6.07) is 26.1. The Morgan fingerprint density at radius 3 is 2.50 bits per heavy atom. The number of fused-ring (bicyclic) bond motifs is 2. The Hall–Kier alpha value is -4.25. The van der Waals surface area contributed by atoms with E-state index in [1.165, 1.54) is 11.1 Å². The number of rotatable bonds is 6. The van der Waals surface area contributed by atoms with Crippen LogP contribution in [0.15, 0.2) is 84.0 Å². The van der Waals surface area contributed by atoms with Crippen LogP contribution in [0.1, 0.15) is 53.5 Å². The molecule has 1 amide bonds. The van der Waals surface area contributed by atoms with Gasteiger partial charge in [0.05, 0.1) is 28.5 Å². The van der Waals surface area contributed by atoms with Gasteiger partial charge in [-0.15, -0.1) is 0 Å². The van der Waals surface area contributed by atoms with Gasteiger partial charge < -0.3 is 4.57 Å². The summed E-state index contributed by atoms with van der Waals surface area (Å²) in [7, 11) is 0. The third-order valence-corrected chi connectivity index (χ3v) is 6.94. The highest BCUT2D eigenvalue weighted by molar-refractivity contribution is 6.08. The third-order valence-electron chi connectivity index (χ3n) is 6.94. The molecule has 0 saturated carbocycles. The fourth-order valence-corrected chi connectivity index (χ4v) is 4.92. The van der Waals surface area contributed by atoms with Crippen molar-refractivity contribution in [3.63, 3.8) is 0 Å². The number of amides is 1. The van der Waals surface area contributed by atoms with E-state index < -0.39 is 0 Å².